The lowest BCUT2D eigenvalue weighted by atomic mass is 9.94. The number of benzene rings is 3. The first-order valence-electron chi connectivity index (χ1n) is 18.0. The zero-order chi connectivity index (χ0) is 37.0. The summed E-state index contributed by atoms with van der Waals surface area (Å²) in [5, 5.41) is 2.86. The highest BCUT2D eigenvalue weighted by molar-refractivity contribution is 7.92. The van der Waals surface area contributed by atoms with Crippen molar-refractivity contribution in [2.24, 2.45) is 0 Å². The molecule has 3 aromatic carbocycles. The van der Waals surface area contributed by atoms with Crippen LogP contribution in [0, 0.1) is 0 Å². The molecule has 2 N–H and O–H groups in total. The molecule has 3 heterocycles. The van der Waals surface area contributed by atoms with Crippen LogP contribution in [0.4, 0.5) is 10.5 Å². The quantitative estimate of drug-likeness (QED) is 0.156. The number of hydrogen-bond acceptors (Lipinski definition) is 9. The van der Waals surface area contributed by atoms with Gasteiger partial charge in [-0.3, -0.25) is 9.59 Å². The predicted octanol–water partition coefficient (Wildman–Crippen LogP) is 6.99. The Bertz CT molecular complexity index is 2050. The van der Waals surface area contributed by atoms with Gasteiger partial charge in [0, 0.05) is 41.4 Å². The average molecular weight is 758 g/mol. The topological polar surface area (TPSA) is 140 Å². The molecule has 11 nitrogen and oxygen atoms in total. The molecule has 1 aromatic heterocycles. The maximum Gasteiger partial charge on any atom is 0.409 e. The lowest BCUT2D eigenvalue weighted by Gasteiger charge is -2.35. The van der Waals surface area contributed by atoms with Gasteiger partial charge in [-0.2, -0.15) is 0 Å². The van der Waals surface area contributed by atoms with E-state index in [1.165, 1.54) is 23.3 Å². The standard InChI is InChI=1S/C40H43N3O8S2/c1-43(39(46)50-26-33-31-15-4-2-13-29(31)30-14-3-5-16-32(30)33)25-37(45)41-28-12-10-11-27(23-28)34-18-19-35(52-34)40(20-7-9-22-53(40,47)48)24-36(44)42-51-38-17-6-8-21-49-38/h2-5,10-16,18-19,23,33,38H,6-9,17,20-22,24-26H2,1H3,(H,41,45)(H,42,44)/t38?,40-/m0/s1. The van der Waals surface area contributed by atoms with E-state index in [0.717, 1.165) is 45.5 Å². The Balaban J connectivity index is 0.978. The Kier molecular flexibility index (Phi) is 11.0. The van der Waals surface area contributed by atoms with Crippen molar-refractivity contribution in [3.63, 3.8) is 0 Å². The number of likely N-dealkylation sites (N-methyl/N-ethyl adjacent to an activating group) is 1. The number of sulfone groups is 1. The van der Waals surface area contributed by atoms with E-state index in [9.17, 15) is 22.8 Å². The number of ether oxygens (including phenoxy) is 2. The van der Waals surface area contributed by atoms with E-state index in [4.69, 9.17) is 14.3 Å². The Morgan fingerprint density at radius 2 is 1.66 bits per heavy atom. The van der Waals surface area contributed by atoms with Crippen LogP contribution in [0.5, 0.6) is 0 Å². The second-order valence-electron chi connectivity index (χ2n) is 13.8. The molecule has 0 radical (unpaired) electrons. The van der Waals surface area contributed by atoms with Crippen molar-refractivity contribution in [3.8, 4) is 21.6 Å². The molecule has 2 atom stereocenters. The Hall–Kier alpha value is -4.56. The molecule has 2 fully saturated rings. The highest BCUT2D eigenvalue weighted by Crippen LogP contribution is 2.48. The van der Waals surface area contributed by atoms with Gasteiger partial charge in [0.1, 0.15) is 17.9 Å². The largest absolute Gasteiger partial charge is 0.448 e. The van der Waals surface area contributed by atoms with Crippen LogP contribution in [0.3, 0.4) is 0 Å². The maximum atomic E-state index is 13.7. The Morgan fingerprint density at radius 1 is 0.906 bits per heavy atom. The van der Waals surface area contributed by atoms with Crippen LogP contribution in [0.1, 0.15) is 66.9 Å². The van der Waals surface area contributed by atoms with Gasteiger partial charge in [0.2, 0.25) is 11.8 Å². The van der Waals surface area contributed by atoms with Crippen LogP contribution in [0.2, 0.25) is 0 Å². The summed E-state index contributed by atoms with van der Waals surface area (Å²) in [6, 6.07) is 27.1. The van der Waals surface area contributed by atoms with Gasteiger partial charge in [-0.15, -0.1) is 11.3 Å². The van der Waals surface area contributed by atoms with Crippen molar-refractivity contribution in [1.29, 1.82) is 0 Å². The zero-order valence-corrected chi connectivity index (χ0v) is 31.2. The number of thiophene rings is 1. The fourth-order valence-electron chi connectivity index (χ4n) is 7.52. The highest BCUT2D eigenvalue weighted by atomic mass is 32.2. The molecule has 0 saturated carbocycles. The highest BCUT2D eigenvalue weighted by Gasteiger charge is 2.49. The van der Waals surface area contributed by atoms with Crippen molar-refractivity contribution in [2.75, 3.05) is 37.9 Å². The predicted molar refractivity (Wildman–Crippen MR) is 203 cm³/mol. The Morgan fingerprint density at radius 3 is 2.38 bits per heavy atom. The lowest BCUT2D eigenvalue weighted by Crippen LogP contribution is -2.45. The molecule has 2 aliphatic heterocycles. The fraction of sp³-hybridized carbons (Fsp3) is 0.375. The number of rotatable bonds is 11. The SMILES string of the molecule is CN(CC(=O)Nc1cccc(-c2ccc([C@@]3(CC(=O)NOC4CCCCO4)CCCCS3(=O)=O)s2)c1)C(=O)OCC1c2ccccc2-c2ccccc21. The second-order valence-corrected chi connectivity index (χ2v) is 17.3. The third-order valence-corrected chi connectivity index (χ3v) is 14.3. The number of fused-ring (bicyclic) bond motifs is 3. The molecule has 3 amide bonds. The molecule has 1 aliphatic carbocycles. The first kappa shape index (κ1) is 36.8. The van der Waals surface area contributed by atoms with Crippen LogP contribution in [0.15, 0.2) is 84.9 Å². The van der Waals surface area contributed by atoms with Crippen LogP contribution < -0.4 is 10.8 Å². The number of amides is 3. The van der Waals surface area contributed by atoms with Crippen molar-refractivity contribution >= 4 is 44.8 Å². The van der Waals surface area contributed by atoms with Crippen LogP contribution >= 0.6 is 11.3 Å². The van der Waals surface area contributed by atoms with Gasteiger partial charge in [-0.1, -0.05) is 67.1 Å². The van der Waals surface area contributed by atoms with Crippen LogP contribution in [0.25, 0.3) is 21.6 Å². The molecule has 0 bridgehead atoms. The van der Waals surface area contributed by atoms with Gasteiger partial charge < -0.3 is 19.7 Å². The molecule has 1 unspecified atom stereocenters. The molecule has 2 saturated heterocycles. The molecule has 0 spiro atoms. The molecule has 4 aromatic rings. The normalized spacial score (nSPS) is 20.5. The van der Waals surface area contributed by atoms with Crippen LogP contribution in [-0.4, -0.2) is 70.1 Å². The minimum Gasteiger partial charge on any atom is -0.448 e. The summed E-state index contributed by atoms with van der Waals surface area (Å²) in [5.74, 6) is -0.988. The molecule has 13 heteroatoms. The van der Waals surface area contributed by atoms with E-state index < -0.39 is 38.8 Å². The molecule has 278 valence electrons. The number of nitrogens with one attached hydrogen (secondary N) is 2. The summed E-state index contributed by atoms with van der Waals surface area (Å²) in [6.45, 7) is 0.489. The summed E-state index contributed by atoms with van der Waals surface area (Å²) in [6.07, 6.45) is 2.69. The second kappa shape index (κ2) is 15.8. The van der Waals surface area contributed by atoms with Gasteiger partial charge >= 0.3 is 6.09 Å². The number of hydrogen-bond donors (Lipinski definition) is 2. The van der Waals surface area contributed by atoms with E-state index in [1.54, 1.807) is 24.3 Å². The molecular weight excluding hydrogens is 715 g/mol. The minimum atomic E-state index is -3.66. The van der Waals surface area contributed by atoms with Gasteiger partial charge in [0.25, 0.3) is 0 Å². The third kappa shape index (κ3) is 7.89. The lowest BCUT2D eigenvalue weighted by molar-refractivity contribution is -0.200. The van der Waals surface area contributed by atoms with Gasteiger partial charge in [-0.25, -0.2) is 23.5 Å². The summed E-state index contributed by atoms with van der Waals surface area (Å²) in [7, 11) is -2.14. The maximum absolute atomic E-state index is 13.7. The van der Waals surface area contributed by atoms with Crippen LogP contribution in [-0.2, 0) is 38.5 Å². The van der Waals surface area contributed by atoms with E-state index >= 15 is 0 Å². The summed E-state index contributed by atoms with van der Waals surface area (Å²) >= 11 is 1.32. The van der Waals surface area contributed by atoms with E-state index in [2.05, 4.69) is 35.1 Å². The first-order chi connectivity index (χ1) is 25.6. The molecule has 7 rings (SSSR count). The summed E-state index contributed by atoms with van der Waals surface area (Å²) in [4.78, 5) is 47.3. The number of nitrogens with zero attached hydrogens (tertiary/aromatic N) is 1. The average Bonchev–Trinajstić information content (AvgIpc) is 3.78. The third-order valence-electron chi connectivity index (χ3n) is 10.2. The van der Waals surface area contributed by atoms with Crippen molar-refractivity contribution in [3.05, 3.63) is 101 Å². The minimum absolute atomic E-state index is 0.00606. The number of hydroxylamine groups is 1. The fourth-order valence-corrected chi connectivity index (χ4v) is 11.3. The van der Waals surface area contributed by atoms with Gasteiger partial charge in [0.05, 0.1) is 12.2 Å². The molecule has 3 aliphatic rings. The van der Waals surface area contributed by atoms with Crippen molar-refractivity contribution in [1.82, 2.24) is 10.4 Å². The van der Waals surface area contributed by atoms with Gasteiger partial charge in [0.15, 0.2) is 16.1 Å². The first-order valence-corrected chi connectivity index (χ1v) is 20.5. The number of carbonyl (C=O) groups is 3. The van der Waals surface area contributed by atoms with E-state index in [-0.39, 0.29) is 31.2 Å². The summed E-state index contributed by atoms with van der Waals surface area (Å²) in [5.41, 5.74) is 8.22. The summed E-state index contributed by atoms with van der Waals surface area (Å²) < 4.78 is 37.2. The Labute approximate surface area is 313 Å². The zero-order valence-electron chi connectivity index (χ0n) is 29.5. The monoisotopic (exact) mass is 757 g/mol. The molecular formula is C40H43N3O8S2. The van der Waals surface area contributed by atoms with Gasteiger partial charge in [-0.05, 0) is 77.8 Å². The van der Waals surface area contributed by atoms with Crippen molar-refractivity contribution < 1.29 is 37.1 Å². The smallest absolute Gasteiger partial charge is 0.409 e. The molecule has 53 heavy (non-hydrogen) atoms. The number of carbonyl (C=O) groups excluding carboxylic acids is 3. The number of anilines is 1. The van der Waals surface area contributed by atoms with Crippen molar-refractivity contribution in [2.45, 2.75) is 61.9 Å². The van der Waals surface area contributed by atoms with E-state index in [0.29, 0.717) is 42.9 Å². The van der Waals surface area contributed by atoms with E-state index in [1.807, 2.05) is 36.4 Å².